The summed E-state index contributed by atoms with van der Waals surface area (Å²) in [5, 5.41) is 3.67. The second-order valence-corrected chi connectivity index (χ2v) is 5.66. The van der Waals surface area contributed by atoms with Crippen molar-refractivity contribution in [1.82, 2.24) is 15.2 Å². The maximum atomic E-state index is 4.44. The highest BCUT2D eigenvalue weighted by Gasteiger charge is 2.28. The molecule has 98 valence electrons. The minimum atomic E-state index is 0.775. The summed E-state index contributed by atoms with van der Waals surface area (Å²) in [6.07, 6.45) is 7.38. The number of piperidine rings is 1. The predicted molar refractivity (Wildman–Crippen MR) is 73.3 cm³/mol. The highest BCUT2D eigenvalue weighted by Crippen LogP contribution is 2.25. The summed E-state index contributed by atoms with van der Waals surface area (Å²) in [5.74, 6) is 0.852. The van der Waals surface area contributed by atoms with Crippen LogP contribution in [0.3, 0.4) is 0 Å². The van der Waals surface area contributed by atoms with Gasteiger partial charge in [-0.05, 0) is 56.8 Å². The highest BCUT2D eigenvalue weighted by molar-refractivity contribution is 5.03. The fraction of sp³-hybridized carbons (Fsp3) is 0.667. The molecule has 0 radical (unpaired) electrons. The van der Waals surface area contributed by atoms with Crippen molar-refractivity contribution >= 4 is 0 Å². The van der Waals surface area contributed by atoms with Gasteiger partial charge in [-0.25, -0.2) is 0 Å². The van der Waals surface area contributed by atoms with Crippen LogP contribution in [0.15, 0.2) is 24.4 Å². The number of rotatable bonds is 3. The van der Waals surface area contributed by atoms with Gasteiger partial charge in [0.15, 0.2) is 0 Å². The van der Waals surface area contributed by atoms with Crippen molar-refractivity contribution in [2.24, 2.45) is 5.92 Å². The summed E-state index contributed by atoms with van der Waals surface area (Å²) in [5.41, 5.74) is 1.21. The molecule has 2 fully saturated rings. The van der Waals surface area contributed by atoms with Gasteiger partial charge in [-0.2, -0.15) is 0 Å². The van der Waals surface area contributed by atoms with Crippen LogP contribution in [0.25, 0.3) is 0 Å². The van der Waals surface area contributed by atoms with Crippen LogP contribution in [0.1, 0.15) is 31.4 Å². The summed E-state index contributed by atoms with van der Waals surface area (Å²) in [6, 6.07) is 6.99. The summed E-state index contributed by atoms with van der Waals surface area (Å²) >= 11 is 0. The Labute approximate surface area is 110 Å². The molecule has 2 aliphatic rings. The number of nitrogens with one attached hydrogen (secondary N) is 1. The first-order valence-electron chi connectivity index (χ1n) is 7.27. The van der Waals surface area contributed by atoms with Crippen LogP contribution < -0.4 is 5.32 Å². The molecule has 2 atom stereocenters. The van der Waals surface area contributed by atoms with Gasteiger partial charge in [0, 0.05) is 25.3 Å². The van der Waals surface area contributed by atoms with Gasteiger partial charge < -0.3 is 5.32 Å². The number of nitrogens with zero attached hydrogens (tertiary/aromatic N) is 2. The van der Waals surface area contributed by atoms with E-state index in [4.69, 9.17) is 0 Å². The van der Waals surface area contributed by atoms with E-state index in [1.165, 1.54) is 51.0 Å². The monoisotopic (exact) mass is 245 g/mol. The molecular formula is C15H23N3. The van der Waals surface area contributed by atoms with Gasteiger partial charge in [-0.1, -0.05) is 6.07 Å². The maximum Gasteiger partial charge on any atom is 0.0543 e. The highest BCUT2D eigenvalue weighted by atomic mass is 15.1. The smallest absolute Gasteiger partial charge is 0.0543 e. The molecule has 0 bridgehead atoms. The molecule has 1 N–H and O–H groups in total. The third kappa shape index (κ3) is 2.90. The van der Waals surface area contributed by atoms with E-state index in [-0.39, 0.29) is 0 Å². The first kappa shape index (κ1) is 12.1. The van der Waals surface area contributed by atoms with Gasteiger partial charge >= 0.3 is 0 Å². The number of hydrogen-bond acceptors (Lipinski definition) is 3. The zero-order valence-electron chi connectivity index (χ0n) is 11.0. The van der Waals surface area contributed by atoms with Gasteiger partial charge in [0.05, 0.1) is 5.69 Å². The van der Waals surface area contributed by atoms with Gasteiger partial charge in [0.1, 0.15) is 0 Å². The Hall–Kier alpha value is -0.930. The number of pyridine rings is 1. The molecule has 0 saturated carbocycles. The third-order valence-corrected chi connectivity index (χ3v) is 4.32. The molecule has 3 nitrogen and oxygen atoms in total. The zero-order chi connectivity index (χ0) is 12.2. The van der Waals surface area contributed by atoms with E-state index in [1.54, 1.807) is 0 Å². The molecular weight excluding hydrogens is 222 g/mol. The fourth-order valence-electron chi connectivity index (χ4n) is 3.40. The predicted octanol–water partition coefficient (Wildman–Crippen LogP) is 2.05. The lowest BCUT2D eigenvalue weighted by Crippen LogP contribution is -2.43. The molecule has 0 aliphatic carbocycles. The molecule has 0 aromatic carbocycles. The Balaban J connectivity index is 1.56. The van der Waals surface area contributed by atoms with Crippen LogP contribution in [-0.4, -0.2) is 35.6 Å². The largest absolute Gasteiger partial charge is 0.314 e. The lowest BCUT2D eigenvalue weighted by Gasteiger charge is -2.35. The Morgan fingerprint density at radius 3 is 3.06 bits per heavy atom. The van der Waals surface area contributed by atoms with Crippen LogP contribution in [0, 0.1) is 5.92 Å². The number of likely N-dealkylation sites (tertiary alicyclic amines) is 1. The average molecular weight is 245 g/mol. The molecule has 2 unspecified atom stereocenters. The quantitative estimate of drug-likeness (QED) is 0.883. The van der Waals surface area contributed by atoms with Crippen LogP contribution >= 0.6 is 0 Å². The van der Waals surface area contributed by atoms with Gasteiger partial charge in [-0.15, -0.1) is 0 Å². The van der Waals surface area contributed by atoms with Crippen molar-refractivity contribution in [2.45, 2.75) is 38.3 Å². The van der Waals surface area contributed by atoms with Crippen molar-refractivity contribution in [3.05, 3.63) is 30.1 Å². The second kappa shape index (κ2) is 5.81. The first-order chi connectivity index (χ1) is 8.92. The van der Waals surface area contributed by atoms with E-state index in [2.05, 4.69) is 27.3 Å². The standard InChI is InChI=1S/C15H23N3/c1-2-8-16-14(6-1)12-18-10-4-5-13(11-18)15-7-3-9-17-15/h1-2,6,8,13,15,17H,3-5,7,9-12H2. The molecule has 0 spiro atoms. The van der Waals surface area contributed by atoms with Crippen molar-refractivity contribution in [3.8, 4) is 0 Å². The maximum absolute atomic E-state index is 4.44. The second-order valence-electron chi connectivity index (χ2n) is 5.66. The fourth-order valence-corrected chi connectivity index (χ4v) is 3.40. The van der Waals surface area contributed by atoms with Crippen LogP contribution in [-0.2, 0) is 6.54 Å². The third-order valence-electron chi connectivity index (χ3n) is 4.32. The molecule has 3 heterocycles. The summed E-state index contributed by atoms with van der Waals surface area (Å²) in [7, 11) is 0. The van der Waals surface area contributed by atoms with Crippen LogP contribution in [0.4, 0.5) is 0 Å². The Bertz CT molecular complexity index is 359. The molecule has 0 amide bonds. The molecule has 2 saturated heterocycles. The topological polar surface area (TPSA) is 28.2 Å². The van der Waals surface area contributed by atoms with Crippen molar-refractivity contribution < 1.29 is 0 Å². The molecule has 18 heavy (non-hydrogen) atoms. The summed E-state index contributed by atoms with van der Waals surface area (Å²) < 4.78 is 0. The normalized spacial score (nSPS) is 29.6. The average Bonchev–Trinajstić information content (AvgIpc) is 2.94. The minimum Gasteiger partial charge on any atom is -0.314 e. The van der Waals surface area contributed by atoms with Crippen molar-refractivity contribution in [2.75, 3.05) is 19.6 Å². The van der Waals surface area contributed by atoms with Gasteiger partial charge in [0.25, 0.3) is 0 Å². The van der Waals surface area contributed by atoms with Crippen LogP contribution in [0.2, 0.25) is 0 Å². The molecule has 3 rings (SSSR count). The van der Waals surface area contributed by atoms with E-state index in [1.807, 2.05) is 12.3 Å². The molecule has 2 aliphatic heterocycles. The lowest BCUT2D eigenvalue weighted by molar-refractivity contribution is 0.144. The molecule has 1 aromatic rings. The minimum absolute atomic E-state index is 0.775. The van der Waals surface area contributed by atoms with Gasteiger partial charge in [-0.3, -0.25) is 9.88 Å². The van der Waals surface area contributed by atoms with Crippen molar-refractivity contribution in [3.63, 3.8) is 0 Å². The number of aromatic nitrogens is 1. The zero-order valence-corrected chi connectivity index (χ0v) is 11.0. The number of hydrogen-bond donors (Lipinski definition) is 1. The van der Waals surface area contributed by atoms with Gasteiger partial charge in [0.2, 0.25) is 0 Å². The summed E-state index contributed by atoms with van der Waals surface area (Å²) in [6.45, 7) is 4.72. The molecule has 3 heteroatoms. The molecule has 1 aromatic heterocycles. The SMILES string of the molecule is c1ccc(CN2CCCC(C3CCCN3)C2)nc1. The van der Waals surface area contributed by atoms with E-state index >= 15 is 0 Å². The van der Waals surface area contributed by atoms with Crippen molar-refractivity contribution in [1.29, 1.82) is 0 Å². The Kier molecular flexibility index (Phi) is 3.91. The van der Waals surface area contributed by atoms with E-state index < -0.39 is 0 Å². The van der Waals surface area contributed by atoms with E-state index in [0.717, 1.165) is 18.5 Å². The van der Waals surface area contributed by atoms with Crippen LogP contribution in [0.5, 0.6) is 0 Å². The first-order valence-corrected chi connectivity index (χ1v) is 7.27. The van der Waals surface area contributed by atoms with E-state index in [9.17, 15) is 0 Å². The Morgan fingerprint density at radius 1 is 1.28 bits per heavy atom. The summed E-state index contributed by atoms with van der Waals surface area (Å²) in [4.78, 5) is 7.02. The van der Waals surface area contributed by atoms with E-state index in [0.29, 0.717) is 0 Å². The lowest BCUT2D eigenvalue weighted by atomic mass is 9.90. The Morgan fingerprint density at radius 2 is 2.28 bits per heavy atom.